The number of hydrogen-bond acceptors (Lipinski definition) is 5. The lowest BCUT2D eigenvalue weighted by Gasteiger charge is -2.35. The molecule has 8 heteroatoms. The Morgan fingerprint density at radius 2 is 1.96 bits per heavy atom. The first-order valence-electron chi connectivity index (χ1n) is 7.55. The van der Waals surface area contributed by atoms with Crippen molar-refractivity contribution in [3.05, 3.63) is 22.7 Å². The van der Waals surface area contributed by atoms with Crippen LogP contribution in [0.3, 0.4) is 0 Å². The van der Waals surface area contributed by atoms with E-state index >= 15 is 0 Å². The molecule has 1 aliphatic rings. The van der Waals surface area contributed by atoms with Gasteiger partial charge in [-0.2, -0.15) is 0 Å². The fourth-order valence-corrected chi connectivity index (χ4v) is 2.92. The van der Waals surface area contributed by atoms with E-state index in [0.717, 1.165) is 0 Å². The van der Waals surface area contributed by atoms with Gasteiger partial charge in [0.1, 0.15) is 0 Å². The van der Waals surface area contributed by atoms with Gasteiger partial charge in [-0.15, -0.1) is 0 Å². The van der Waals surface area contributed by atoms with Gasteiger partial charge >= 0.3 is 0 Å². The summed E-state index contributed by atoms with van der Waals surface area (Å²) in [5, 5.41) is 0.174. The molecule has 1 aromatic rings. The number of primary amides is 1. The predicted molar refractivity (Wildman–Crippen MR) is 88.6 cm³/mol. The minimum Gasteiger partial charge on any atom is -0.493 e. The second-order valence-corrected chi connectivity index (χ2v) is 6.12. The molecule has 1 aliphatic heterocycles. The summed E-state index contributed by atoms with van der Waals surface area (Å²) in [6.45, 7) is 4.52. The van der Waals surface area contributed by atoms with Crippen LogP contribution in [0.25, 0.3) is 0 Å². The zero-order valence-electron chi connectivity index (χ0n) is 13.9. The first-order valence-corrected chi connectivity index (χ1v) is 7.93. The number of rotatable bonds is 5. The zero-order chi connectivity index (χ0) is 17.9. The molecule has 0 unspecified atom stereocenters. The van der Waals surface area contributed by atoms with Crippen molar-refractivity contribution in [1.29, 1.82) is 0 Å². The highest BCUT2D eigenvalue weighted by atomic mass is 35.5. The van der Waals surface area contributed by atoms with E-state index in [9.17, 15) is 9.59 Å². The summed E-state index contributed by atoms with van der Waals surface area (Å²) in [5.41, 5.74) is 5.44. The average Bonchev–Trinajstić information content (AvgIpc) is 2.51. The van der Waals surface area contributed by atoms with Gasteiger partial charge in [-0.1, -0.05) is 11.6 Å². The maximum Gasteiger partial charge on any atom is 0.255 e. The molecule has 0 aliphatic carbocycles. The Morgan fingerprint density at radius 3 is 2.50 bits per heavy atom. The highest BCUT2D eigenvalue weighted by Gasteiger charge is 2.28. The Hall–Kier alpha value is -1.99. The molecule has 24 heavy (non-hydrogen) atoms. The van der Waals surface area contributed by atoms with Crippen LogP contribution in [0.15, 0.2) is 12.1 Å². The molecule has 0 bridgehead atoms. The maximum atomic E-state index is 12.7. The normalized spacial score (nSPS) is 20.6. The number of morpholine rings is 1. The summed E-state index contributed by atoms with van der Waals surface area (Å²) >= 11 is 6.18. The second kappa shape index (κ2) is 7.72. The van der Waals surface area contributed by atoms with Crippen molar-refractivity contribution in [2.75, 3.05) is 26.8 Å². The number of carbonyl (C=O) groups excluding carboxylic acids is 2. The number of nitrogens with two attached hydrogens (primary N) is 1. The van der Waals surface area contributed by atoms with Crippen LogP contribution < -0.4 is 15.2 Å². The van der Waals surface area contributed by atoms with Crippen LogP contribution >= 0.6 is 11.6 Å². The Morgan fingerprint density at radius 1 is 1.33 bits per heavy atom. The van der Waals surface area contributed by atoms with Gasteiger partial charge in [0.05, 0.1) is 24.3 Å². The first-order chi connectivity index (χ1) is 11.3. The number of hydrogen-bond donors (Lipinski definition) is 1. The molecule has 132 valence electrons. The third-order valence-electron chi connectivity index (χ3n) is 3.54. The highest BCUT2D eigenvalue weighted by Crippen LogP contribution is 2.36. The monoisotopic (exact) mass is 356 g/mol. The van der Waals surface area contributed by atoms with Crippen molar-refractivity contribution in [2.45, 2.75) is 26.1 Å². The molecule has 2 amide bonds. The molecule has 0 saturated carbocycles. The quantitative estimate of drug-likeness (QED) is 0.862. The molecule has 2 rings (SSSR count). The van der Waals surface area contributed by atoms with E-state index in [2.05, 4.69) is 0 Å². The Labute approximate surface area is 145 Å². The van der Waals surface area contributed by atoms with E-state index in [-0.39, 0.29) is 41.2 Å². The van der Waals surface area contributed by atoms with Crippen LogP contribution in [0.4, 0.5) is 0 Å². The number of halogens is 1. The smallest absolute Gasteiger partial charge is 0.255 e. The second-order valence-electron chi connectivity index (χ2n) is 5.71. The SMILES string of the molecule is COc1cc(C(=O)N2C[C@@H](C)O[C@@H](C)C2)cc(Cl)c1OCC(N)=O. The minimum atomic E-state index is -0.635. The third kappa shape index (κ3) is 4.30. The highest BCUT2D eigenvalue weighted by molar-refractivity contribution is 6.32. The molecule has 0 aromatic heterocycles. The van der Waals surface area contributed by atoms with Gasteiger partial charge in [0, 0.05) is 18.7 Å². The van der Waals surface area contributed by atoms with Gasteiger partial charge in [0.15, 0.2) is 18.1 Å². The number of nitrogens with zero attached hydrogens (tertiary/aromatic N) is 1. The summed E-state index contributed by atoms with van der Waals surface area (Å²) in [4.78, 5) is 25.3. The van der Waals surface area contributed by atoms with Gasteiger partial charge in [-0.3, -0.25) is 9.59 Å². The minimum absolute atomic E-state index is 0.0340. The predicted octanol–water partition coefficient (Wildman–Crippen LogP) is 1.46. The van der Waals surface area contributed by atoms with Crippen molar-refractivity contribution < 1.29 is 23.8 Å². The molecule has 0 radical (unpaired) electrons. The number of ether oxygens (including phenoxy) is 3. The van der Waals surface area contributed by atoms with Crippen LogP contribution in [0, 0.1) is 0 Å². The van der Waals surface area contributed by atoms with E-state index in [4.69, 9.17) is 31.5 Å². The third-order valence-corrected chi connectivity index (χ3v) is 3.82. The van der Waals surface area contributed by atoms with Gasteiger partial charge in [-0.25, -0.2) is 0 Å². The maximum absolute atomic E-state index is 12.7. The van der Waals surface area contributed by atoms with Crippen LogP contribution in [0.5, 0.6) is 11.5 Å². The fourth-order valence-electron chi connectivity index (χ4n) is 2.65. The van der Waals surface area contributed by atoms with E-state index in [0.29, 0.717) is 18.7 Å². The summed E-state index contributed by atoms with van der Waals surface area (Å²) in [6, 6.07) is 3.03. The lowest BCUT2D eigenvalue weighted by molar-refractivity contribution is -0.119. The summed E-state index contributed by atoms with van der Waals surface area (Å²) in [7, 11) is 1.43. The molecule has 1 fully saturated rings. The van der Waals surface area contributed by atoms with E-state index in [1.54, 1.807) is 4.90 Å². The molecule has 2 N–H and O–H groups in total. The van der Waals surface area contributed by atoms with Crippen LogP contribution in [-0.4, -0.2) is 55.7 Å². The molecular formula is C16H21ClN2O5. The zero-order valence-corrected chi connectivity index (χ0v) is 14.6. The number of methoxy groups -OCH3 is 1. The summed E-state index contributed by atoms with van der Waals surface area (Å²) in [5.74, 6) is -0.358. The lowest BCUT2D eigenvalue weighted by Crippen LogP contribution is -2.48. The van der Waals surface area contributed by atoms with Gasteiger partial charge in [0.2, 0.25) is 0 Å². The number of benzene rings is 1. The van der Waals surface area contributed by atoms with Crippen LogP contribution in [0.2, 0.25) is 5.02 Å². The standard InChI is InChI=1S/C16H21ClN2O5/c1-9-6-19(7-10(2)24-9)16(21)11-4-12(17)15(13(5-11)22-3)23-8-14(18)20/h4-5,9-10H,6-8H2,1-3H3,(H2,18,20)/t9-,10+. The lowest BCUT2D eigenvalue weighted by atomic mass is 10.1. The van der Waals surface area contributed by atoms with E-state index in [1.807, 2.05) is 13.8 Å². The molecule has 1 heterocycles. The van der Waals surface area contributed by atoms with Crippen molar-refractivity contribution in [1.82, 2.24) is 4.90 Å². The topological polar surface area (TPSA) is 91.1 Å². The molecule has 2 atom stereocenters. The molecule has 1 aromatic carbocycles. The molecule has 7 nitrogen and oxygen atoms in total. The molecule has 0 spiro atoms. The molecule has 1 saturated heterocycles. The van der Waals surface area contributed by atoms with Gasteiger partial charge in [0.25, 0.3) is 11.8 Å². The van der Waals surface area contributed by atoms with E-state index < -0.39 is 5.91 Å². The Bertz CT molecular complexity index is 627. The van der Waals surface area contributed by atoms with Crippen molar-refractivity contribution in [2.24, 2.45) is 5.73 Å². The van der Waals surface area contributed by atoms with Crippen LogP contribution in [-0.2, 0) is 9.53 Å². The van der Waals surface area contributed by atoms with Crippen molar-refractivity contribution in [3.8, 4) is 11.5 Å². The Balaban J connectivity index is 2.25. The van der Waals surface area contributed by atoms with Crippen LogP contribution in [0.1, 0.15) is 24.2 Å². The average molecular weight is 357 g/mol. The Kier molecular flexibility index (Phi) is 5.90. The molecular weight excluding hydrogens is 336 g/mol. The van der Waals surface area contributed by atoms with Gasteiger partial charge < -0.3 is 24.8 Å². The fraction of sp³-hybridized carbons (Fsp3) is 0.500. The number of carbonyl (C=O) groups is 2. The largest absolute Gasteiger partial charge is 0.493 e. The summed E-state index contributed by atoms with van der Waals surface area (Å²) in [6.07, 6.45) is -0.0681. The van der Waals surface area contributed by atoms with Crippen molar-refractivity contribution in [3.63, 3.8) is 0 Å². The summed E-state index contributed by atoms with van der Waals surface area (Å²) < 4.78 is 16.1. The van der Waals surface area contributed by atoms with E-state index in [1.165, 1.54) is 19.2 Å². The van der Waals surface area contributed by atoms with Gasteiger partial charge in [-0.05, 0) is 26.0 Å². The first kappa shape index (κ1) is 18.4. The van der Waals surface area contributed by atoms with Crippen molar-refractivity contribution >= 4 is 23.4 Å². The number of amides is 2.